The maximum atomic E-state index is 12.2. The summed E-state index contributed by atoms with van der Waals surface area (Å²) in [6, 6.07) is 6.37. The van der Waals surface area contributed by atoms with E-state index in [-0.39, 0.29) is 12.5 Å². The highest BCUT2D eigenvalue weighted by molar-refractivity contribution is 6.01. The van der Waals surface area contributed by atoms with E-state index in [9.17, 15) is 14.4 Å². The summed E-state index contributed by atoms with van der Waals surface area (Å²) < 4.78 is 0. The Labute approximate surface area is 148 Å². The molecule has 1 rings (SSSR count). The third kappa shape index (κ3) is 8.19. The molecule has 0 radical (unpaired) electrons. The first-order valence-corrected chi connectivity index (χ1v) is 8.31. The van der Waals surface area contributed by atoms with Crippen LogP contribution in [-0.2, 0) is 4.79 Å². The minimum atomic E-state index is -0.553. The molecule has 1 aromatic carbocycles. The lowest BCUT2D eigenvalue weighted by Crippen LogP contribution is -2.49. The number of anilines is 1. The van der Waals surface area contributed by atoms with Crippen molar-refractivity contribution in [3.05, 3.63) is 29.8 Å². The molecule has 0 aliphatic heterocycles. The van der Waals surface area contributed by atoms with Gasteiger partial charge in [-0.15, -0.1) is 0 Å². The molecule has 4 amide bonds. The summed E-state index contributed by atoms with van der Waals surface area (Å²) in [5.41, 5.74) is 0.559. The third-order valence-electron chi connectivity index (χ3n) is 3.02. The standard InChI is InChI=1S/C18H28N4O3/c1-12(2)10-20-16(24)13-8-6-7-9-14(13)19-11-15(23)21-17(25)22-18(3,4)5/h6-9,12,19H,10-11H2,1-5H3,(H,20,24)(H2,21,22,23,25). The smallest absolute Gasteiger partial charge is 0.321 e. The lowest BCUT2D eigenvalue weighted by atomic mass is 10.1. The van der Waals surface area contributed by atoms with E-state index in [0.717, 1.165) is 0 Å². The van der Waals surface area contributed by atoms with Crippen LogP contribution in [0.25, 0.3) is 0 Å². The second-order valence-electron chi connectivity index (χ2n) is 7.26. The van der Waals surface area contributed by atoms with Gasteiger partial charge in [-0.3, -0.25) is 14.9 Å². The largest absolute Gasteiger partial charge is 0.375 e. The number of amides is 4. The predicted octanol–water partition coefficient (Wildman–Crippen LogP) is 2.11. The van der Waals surface area contributed by atoms with Crippen molar-refractivity contribution in [1.29, 1.82) is 0 Å². The third-order valence-corrected chi connectivity index (χ3v) is 3.02. The quantitative estimate of drug-likeness (QED) is 0.633. The molecule has 0 aliphatic rings. The Bertz CT molecular complexity index is 621. The topological polar surface area (TPSA) is 99.3 Å². The van der Waals surface area contributed by atoms with Crippen molar-refractivity contribution in [2.75, 3.05) is 18.4 Å². The van der Waals surface area contributed by atoms with Gasteiger partial charge in [-0.1, -0.05) is 26.0 Å². The zero-order valence-corrected chi connectivity index (χ0v) is 15.5. The summed E-state index contributed by atoms with van der Waals surface area (Å²) in [6.45, 7) is 9.94. The van der Waals surface area contributed by atoms with Gasteiger partial charge < -0.3 is 16.0 Å². The molecule has 0 spiro atoms. The van der Waals surface area contributed by atoms with Crippen molar-refractivity contribution in [1.82, 2.24) is 16.0 Å². The van der Waals surface area contributed by atoms with E-state index in [1.54, 1.807) is 24.3 Å². The average molecular weight is 348 g/mol. The molecule has 0 atom stereocenters. The number of carbonyl (C=O) groups excluding carboxylic acids is 3. The van der Waals surface area contributed by atoms with Crippen molar-refractivity contribution < 1.29 is 14.4 Å². The zero-order chi connectivity index (χ0) is 19.0. The van der Waals surface area contributed by atoms with E-state index in [0.29, 0.717) is 23.7 Å². The maximum Gasteiger partial charge on any atom is 0.321 e. The number of nitrogens with one attached hydrogen (secondary N) is 4. The molecular weight excluding hydrogens is 320 g/mol. The Morgan fingerprint density at radius 2 is 1.72 bits per heavy atom. The van der Waals surface area contributed by atoms with E-state index < -0.39 is 17.5 Å². The molecule has 0 heterocycles. The number of rotatable bonds is 6. The van der Waals surface area contributed by atoms with E-state index in [1.807, 2.05) is 34.6 Å². The molecule has 7 nitrogen and oxygen atoms in total. The molecule has 0 saturated carbocycles. The van der Waals surface area contributed by atoms with Crippen LogP contribution in [0.4, 0.5) is 10.5 Å². The summed E-state index contributed by atoms with van der Waals surface area (Å²) >= 11 is 0. The van der Waals surface area contributed by atoms with Gasteiger partial charge in [0.2, 0.25) is 5.91 Å². The summed E-state index contributed by atoms with van der Waals surface area (Å²) in [5, 5.41) is 10.6. The van der Waals surface area contributed by atoms with Crippen LogP contribution in [-0.4, -0.2) is 36.5 Å². The van der Waals surface area contributed by atoms with Crippen LogP contribution >= 0.6 is 0 Å². The van der Waals surface area contributed by atoms with Crippen molar-refractivity contribution >= 4 is 23.5 Å². The van der Waals surface area contributed by atoms with E-state index in [4.69, 9.17) is 0 Å². The molecule has 25 heavy (non-hydrogen) atoms. The second-order valence-corrected chi connectivity index (χ2v) is 7.26. The fourth-order valence-electron chi connectivity index (χ4n) is 1.95. The first-order chi connectivity index (χ1) is 11.6. The highest BCUT2D eigenvalue weighted by Crippen LogP contribution is 2.14. The van der Waals surface area contributed by atoms with Gasteiger partial charge in [0.15, 0.2) is 0 Å². The minimum Gasteiger partial charge on any atom is -0.375 e. The second kappa shape index (κ2) is 9.05. The molecule has 7 heteroatoms. The van der Waals surface area contributed by atoms with Crippen molar-refractivity contribution in [2.45, 2.75) is 40.2 Å². The molecule has 0 fully saturated rings. The van der Waals surface area contributed by atoms with Crippen LogP contribution in [0.5, 0.6) is 0 Å². The number of carbonyl (C=O) groups is 3. The summed E-state index contributed by atoms with van der Waals surface area (Å²) in [6.07, 6.45) is 0. The highest BCUT2D eigenvalue weighted by Gasteiger charge is 2.16. The number of benzene rings is 1. The Hall–Kier alpha value is -2.57. The molecular formula is C18H28N4O3. The van der Waals surface area contributed by atoms with Gasteiger partial charge in [-0.2, -0.15) is 0 Å². The maximum absolute atomic E-state index is 12.2. The number of urea groups is 1. The lowest BCUT2D eigenvalue weighted by molar-refractivity contribution is -0.118. The molecule has 0 unspecified atom stereocenters. The van der Waals surface area contributed by atoms with E-state index in [1.165, 1.54) is 0 Å². The molecule has 0 aliphatic carbocycles. The molecule has 1 aromatic rings. The number of para-hydroxylation sites is 1. The number of hydrogen-bond donors (Lipinski definition) is 4. The van der Waals surface area contributed by atoms with E-state index >= 15 is 0 Å². The fourth-order valence-corrected chi connectivity index (χ4v) is 1.95. The normalized spacial score (nSPS) is 11.0. The van der Waals surface area contributed by atoms with Gasteiger partial charge in [-0.05, 0) is 38.8 Å². The molecule has 0 saturated heterocycles. The van der Waals surface area contributed by atoms with Gasteiger partial charge in [0, 0.05) is 17.8 Å². The van der Waals surface area contributed by atoms with Crippen molar-refractivity contribution in [2.24, 2.45) is 5.92 Å². The first-order valence-electron chi connectivity index (χ1n) is 8.31. The Kier molecular flexibility index (Phi) is 7.42. The summed E-state index contributed by atoms with van der Waals surface area (Å²) in [5.74, 6) is -0.349. The molecule has 0 aromatic heterocycles. The van der Waals surface area contributed by atoms with E-state index in [2.05, 4.69) is 21.3 Å². The van der Waals surface area contributed by atoms with Crippen molar-refractivity contribution in [3.63, 3.8) is 0 Å². The van der Waals surface area contributed by atoms with Crippen LogP contribution in [0.1, 0.15) is 45.0 Å². The van der Waals surface area contributed by atoms with Crippen LogP contribution in [0.3, 0.4) is 0 Å². The van der Waals surface area contributed by atoms with Crippen LogP contribution in [0, 0.1) is 5.92 Å². The average Bonchev–Trinajstić information content (AvgIpc) is 2.48. The van der Waals surface area contributed by atoms with Gasteiger partial charge >= 0.3 is 6.03 Å². The Morgan fingerprint density at radius 1 is 1.08 bits per heavy atom. The SMILES string of the molecule is CC(C)CNC(=O)c1ccccc1NCC(=O)NC(=O)NC(C)(C)C. The van der Waals surface area contributed by atoms with Crippen LogP contribution in [0.2, 0.25) is 0 Å². The van der Waals surface area contributed by atoms with Gasteiger partial charge in [0.05, 0.1) is 12.1 Å². The van der Waals surface area contributed by atoms with Gasteiger partial charge in [0.25, 0.3) is 5.91 Å². The van der Waals surface area contributed by atoms with Crippen LogP contribution in [0.15, 0.2) is 24.3 Å². The van der Waals surface area contributed by atoms with Gasteiger partial charge in [0.1, 0.15) is 0 Å². The Morgan fingerprint density at radius 3 is 2.32 bits per heavy atom. The Balaban J connectivity index is 2.61. The highest BCUT2D eigenvalue weighted by atomic mass is 16.2. The summed E-state index contributed by atoms with van der Waals surface area (Å²) in [7, 11) is 0. The molecule has 0 bridgehead atoms. The van der Waals surface area contributed by atoms with Crippen LogP contribution < -0.4 is 21.3 Å². The zero-order valence-electron chi connectivity index (χ0n) is 15.5. The minimum absolute atomic E-state index is 0.119. The summed E-state index contributed by atoms with van der Waals surface area (Å²) in [4.78, 5) is 35.8. The van der Waals surface area contributed by atoms with Crippen molar-refractivity contribution in [3.8, 4) is 0 Å². The first kappa shape index (κ1) is 20.5. The van der Waals surface area contributed by atoms with Gasteiger partial charge in [-0.25, -0.2) is 4.79 Å². The fraction of sp³-hybridized carbons (Fsp3) is 0.500. The molecule has 138 valence electrons. The number of hydrogen-bond acceptors (Lipinski definition) is 4. The monoisotopic (exact) mass is 348 g/mol. The predicted molar refractivity (Wildman–Crippen MR) is 98.5 cm³/mol. The number of imide groups is 1. The lowest BCUT2D eigenvalue weighted by Gasteiger charge is -2.20. The molecule has 4 N–H and O–H groups in total.